The van der Waals surface area contributed by atoms with E-state index in [9.17, 15) is 14.5 Å². The second-order valence-corrected chi connectivity index (χ2v) is 2.55. The second kappa shape index (κ2) is 6.49. The summed E-state index contributed by atoms with van der Waals surface area (Å²) < 4.78 is 12.6. The standard InChI is InChI=1S/C8H8FN3O2.C2H6/c1-11-7-3-2-5(12(13)14)4-6(7)8(9)10;1-2/h2-4,10-11H,1H3;1-2H3. The number of nitro groups is 1. The van der Waals surface area contributed by atoms with Crippen molar-refractivity contribution >= 4 is 17.3 Å². The van der Waals surface area contributed by atoms with Gasteiger partial charge in [-0.1, -0.05) is 13.8 Å². The molecule has 0 heterocycles. The highest BCUT2D eigenvalue weighted by Gasteiger charge is 2.12. The molecule has 0 aromatic heterocycles. The van der Waals surface area contributed by atoms with Gasteiger partial charge < -0.3 is 5.32 Å². The Morgan fingerprint density at radius 3 is 2.44 bits per heavy atom. The molecule has 0 spiro atoms. The van der Waals surface area contributed by atoms with Crippen molar-refractivity contribution in [3.05, 3.63) is 33.9 Å². The molecule has 0 bridgehead atoms. The fourth-order valence-corrected chi connectivity index (χ4v) is 1.05. The van der Waals surface area contributed by atoms with Gasteiger partial charge in [0.05, 0.1) is 10.5 Å². The lowest BCUT2D eigenvalue weighted by Gasteiger charge is -2.04. The van der Waals surface area contributed by atoms with Gasteiger partial charge in [0.25, 0.3) is 5.69 Å². The summed E-state index contributed by atoms with van der Waals surface area (Å²) >= 11 is 0. The van der Waals surface area contributed by atoms with E-state index in [1.54, 1.807) is 7.05 Å². The van der Waals surface area contributed by atoms with Crippen LogP contribution in [0.25, 0.3) is 0 Å². The number of halogens is 1. The van der Waals surface area contributed by atoms with E-state index in [1.807, 2.05) is 13.8 Å². The van der Waals surface area contributed by atoms with Gasteiger partial charge in [0.15, 0.2) is 0 Å². The number of hydrogen-bond donors (Lipinski definition) is 2. The first-order valence-electron chi connectivity index (χ1n) is 4.77. The van der Waals surface area contributed by atoms with Crippen molar-refractivity contribution in [3.8, 4) is 0 Å². The van der Waals surface area contributed by atoms with Crippen molar-refractivity contribution in [3.63, 3.8) is 0 Å². The predicted molar refractivity (Wildman–Crippen MR) is 61.9 cm³/mol. The Bertz CT molecular complexity index is 394. The van der Waals surface area contributed by atoms with Crippen LogP contribution in [0.3, 0.4) is 0 Å². The lowest BCUT2D eigenvalue weighted by molar-refractivity contribution is -0.384. The first kappa shape index (κ1) is 14.0. The average Bonchev–Trinajstić information content (AvgIpc) is 2.30. The number of nitrogens with zero attached hydrogens (tertiary/aromatic N) is 1. The molecule has 0 unspecified atom stereocenters. The van der Waals surface area contributed by atoms with Crippen LogP contribution < -0.4 is 5.32 Å². The van der Waals surface area contributed by atoms with Crippen molar-refractivity contribution in [2.24, 2.45) is 0 Å². The molecule has 1 aromatic rings. The van der Waals surface area contributed by atoms with Gasteiger partial charge in [0.1, 0.15) is 0 Å². The van der Waals surface area contributed by atoms with Crippen LogP contribution in [0.5, 0.6) is 0 Å². The van der Waals surface area contributed by atoms with E-state index in [4.69, 9.17) is 5.41 Å². The molecular weight excluding hydrogens is 213 g/mol. The molecule has 6 heteroatoms. The summed E-state index contributed by atoms with van der Waals surface area (Å²) in [5.41, 5.74) is 0.00574. The van der Waals surface area contributed by atoms with Gasteiger partial charge in [-0.3, -0.25) is 15.5 Å². The number of hydrogen-bond acceptors (Lipinski definition) is 4. The summed E-state index contributed by atoms with van der Waals surface area (Å²) in [6.07, 6.45) is 0. The van der Waals surface area contributed by atoms with Gasteiger partial charge in [-0.05, 0) is 6.07 Å². The summed E-state index contributed by atoms with van der Waals surface area (Å²) in [7, 11) is 1.55. The maximum atomic E-state index is 12.6. The summed E-state index contributed by atoms with van der Waals surface area (Å²) in [4.78, 5) is 9.73. The first-order chi connectivity index (χ1) is 7.56. The maximum Gasteiger partial charge on any atom is 0.270 e. The summed E-state index contributed by atoms with van der Waals surface area (Å²) in [5.74, 6) is -1.20. The average molecular weight is 227 g/mol. The van der Waals surface area contributed by atoms with Crippen LogP contribution in [-0.2, 0) is 0 Å². The van der Waals surface area contributed by atoms with Gasteiger partial charge in [0, 0.05) is 24.9 Å². The number of nitrogens with one attached hydrogen (secondary N) is 2. The van der Waals surface area contributed by atoms with Crippen molar-refractivity contribution in [2.45, 2.75) is 13.8 Å². The maximum absolute atomic E-state index is 12.6. The Labute approximate surface area is 93.0 Å². The minimum absolute atomic E-state index is 0.110. The van der Waals surface area contributed by atoms with E-state index in [1.165, 1.54) is 12.1 Å². The Hall–Kier alpha value is -1.98. The lowest BCUT2D eigenvalue weighted by Crippen LogP contribution is -2.00. The molecule has 16 heavy (non-hydrogen) atoms. The van der Waals surface area contributed by atoms with Gasteiger partial charge in [-0.25, -0.2) is 0 Å². The zero-order valence-electron chi connectivity index (χ0n) is 9.37. The van der Waals surface area contributed by atoms with Crippen LogP contribution in [-0.4, -0.2) is 17.9 Å². The number of nitro benzene ring substituents is 1. The number of anilines is 1. The minimum atomic E-state index is -1.20. The van der Waals surface area contributed by atoms with Crippen molar-refractivity contribution < 1.29 is 9.31 Å². The van der Waals surface area contributed by atoms with E-state index in [0.29, 0.717) is 5.69 Å². The largest absolute Gasteiger partial charge is 0.387 e. The van der Waals surface area contributed by atoms with E-state index >= 15 is 0 Å². The van der Waals surface area contributed by atoms with Gasteiger partial charge >= 0.3 is 0 Å². The number of rotatable bonds is 3. The highest BCUT2D eigenvalue weighted by atomic mass is 19.1. The Balaban J connectivity index is 0.00000106. The highest BCUT2D eigenvalue weighted by molar-refractivity contribution is 5.97. The molecular formula is C10H14FN3O2. The molecule has 1 aromatic carbocycles. The Morgan fingerprint density at radius 2 is 2.06 bits per heavy atom. The van der Waals surface area contributed by atoms with Crippen LogP contribution in [0.1, 0.15) is 19.4 Å². The van der Waals surface area contributed by atoms with E-state index in [-0.39, 0.29) is 11.3 Å². The predicted octanol–water partition coefficient (Wildman–Crippen LogP) is 2.96. The number of non-ortho nitro benzene ring substituents is 1. The molecule has 5 nitrogen and oxygen atoms in total. The van der Waals surface area contributed by atoms with Gasteiger partial charge in [-0.2, -0.15) is 4.39 Å². The zero-order valence-corrected chi connectivity index (χ0v) is 9.37. The quantitative estimate of drug-likeness (QED) is 0.473. The van der Waals surface area contributed by atoms with Crippen LogP contribution in [0.2, 0.25) is 0 Å². The van der Waals surface area contributed by atoms with Crippen LogP contribution in [0.4, 0.5) is 15.8 Å². The van der Waals surface area contributed by atoms with E-state index in [2.05, 4.69) is 5.32 Å². The smallest absolute Gasteiger partial charge is 0.270 e. The molecule has 0 fully saturated rings. The fraction of sp³-hybridized carbons (Fsp3) is 0.300. The van der Waals surface area contributed by atoms with Crippen LogP contribution >= 0.6 is 0 Å². The van der Waals surface area contributed by atoms with Crippen LogP contribution in [0, 0.1) is 15.5 Å². The summed E-state index contributed by atoms with van der Waals surface area (Å²) in [5, 5.41) is 19.8. The molecule has 0 aliphatic heterocycles. The molecule has 0 aliphatic rings. The molecule has 0 radical (unpaired) electrons. The Morgan fingerprint density at radius 1 is 1.50 bits per heavy atom. The molecule has 0 saturated carbocycles. The fourth-order valence-electron chi connectivity index (χ4n) is 1.05. The summed E-state index contributed by atoms with van der Waals surface area (Å²) in [6, 6.07) is 3.63. The van der Waals surface area contributed by atoms with Crippen molar-refractivity contribution in [1.82, 2.24) is 0 Å². The normalized spacial score (nSPS) is 8.75. The molecule has 1 rings (SSSR count). The minimum Gasteiger partial charge on any atom is -0.387 e. The van der Waals surface area contributed by atoms with Gasteiger partial charge in [-0.15, -0.1) is 0 Å². The van der Waals surface area contributed by atoms with Crippen LogP contribution in [0.15, 0.2) is 18.2 Å². The molecule has 0 aliphatic carbocycles. The number of benzene rings is 1. The first-order valence-corrected chi connectivity index (χ1v) is 4.77. The van der Waals surface area contributed by atoms with Crippen molar-refractivity contribution in [1.29, 1.82) is 5.41 Å². The van der Waals surface area contributed by atoms with E-state index < -0.39 is 10.9 Å². The van der Waals surface area contributed by atoms with E-state index in [0.717, 1.165) is 6.07 Å². The Kier molecular flexibility index (Phi) is 5.69. The summed E-state index contributed by atoms with van der Waals surface area (Å²) in [6.45, 7) is 4.00. The second-order valence-electron chi connectivity index (χ2n) is 2.55. The third-order valence-electron chi connectivity index (χ3n) is 1.72. The molecule has 2 N–H and O–H groups in total. The highest BCUT2D eigenvalue weighted by Crippen LogP contribution is 2.22. The molecule has 0 amide bonds. The molecule has 0 saturated heterocycles. The lowest BCUT2D eigenvalue weighted by atomic mass is 10.1. The monoisotopic (exact) mass is 227 g/mol. The topological polar surface area (TPSA) is 79.0 Å². The molecule has 0 atom stereocenters. The third-order valence-corrected chi connectivity index (χ3v) is 1.72. The van der Waals surface area contributed by atoms with Crippen molar-refractivity contribution in [2.75, 3.05) is 12.4 Å². The molecule has 88 valence electrons. The van der Waals surface area contributed by atoms with Gasteiger partial charge in [0.2, 0.25) is 5.97 Å². The SMILES string of the molecule is CC.CNc1ccc([N+](=O)[O-])cc1C(=N)F. The zero-order chi connectivity index (χ0) is 12.7. The third kappa shape index (κ3) is 3.30.